The summed E-state index contributed by atoms with van der Waals surface area (Å²) in [6, 6.07) is 13.7. The van der Waals surface area contributed by atoms with Crippen LogP contribution in [0.5, 0.6) is 0 Å². The summed E-state index contributed by atoms with van der Waals surface area (Å²) in [6.45, 7) is 0.924. The van der Waals surface area contributed by atoms with E-state index in [2.05, 4.69) is 54.6 Å². The third-order valence-corrected chi connectivity index (χ3v) is 4.44. The topological polar surface area (TPSA) is 28.4 Å². The maximum absolute atomic E-state index is 5.57. The van der Waals surface area contributed by atoms with Crippen LogP contribution in [0, 0.1) is 0 Å². The number of rotatable bonds is 5. The maximum atomic E-state index is 5.57. The van der Waals surface area contributed by atoms with Gasteiger partial charge in [-0.25, -0.2) is 0 Å². The second-order valence-electron chi connectivity index (χ2n) is 6.11. The molecule has 1 N–H and O–H groups in total. The first-order chi connectivity index (χ1) is 10.2. The van der Waals surface area contributed by atoms with Crippen molar-refractivity contribution in [1.82, 2.24) is 10.2 Å². The van der Waals surface area contributed by atoms with E-state index in [-0.39, 0.29) is 6.04 Å². The van der Waals surface area contributed by atoms with Crippen LogP contribution in [0.3, 0.4) is 0 Å². The Morgan fingerprint density at radius 3 is 2.71 bits per heavy atom. The fourth-order valence-corrected chi connectivity index (χ4v) is 3.17. The molecule has 21 heavy (non-hydrogen) atoms. The predicted octanol–water partition coefficient (Wildman–Crippen LogP) is 3.03. The molecule has 3 heteroatoms. The van der Waals surface area contributed by atoms with Crippen LogP contribution in [0.2, 0.25) is 0 Å². The fourth-order valence-electron chi connectivity index (χ4n) is 3.17. The summed E-state index contributed by atoms with van der Waals surface area (Å²) in [5, 5.41) is 3.73. The number of nitrogens with zero attached hydrogens (tertiary/aromatic N) is 1. The van der Waals surface area contributed by atoms with Crippen LogP contribution in [-0.4, -0.2) is 31.6 Å². The summed E-state index contributed by atoms with van der Waals surface area (Å²) >= 11 is 0. The highest BCUT2D eigenvalue weighted by Crippen LogP contribution is 2.22. The van der Waals surface area contributed by atoms with Crippen molar-refractivity contribution in [3.8, 4) is 0 Å². The zero-order chi connectivity index (χ0) is 14.7. The molecule has 3 rings (SSSR count). The molecule has 3 nitrogen and oxygen atoms in total. The molecule has 0 amide bonds. The molecule has 2 atom stereocenters. The summed E-state index contributed by atoms with van der Waals surface area (Å²) in [4.78, 5) is 2.21. The van der Waals surface area contributed by atoms with Gasteiger partial charge in [0.2, 0.25) is 0 Å². The largest absolute Gasteiger partial charge is 0.468 e. The third kappa shape index (κ3) is 3.36. The van der Waals surface area contributed by atoms with Crippen LogP contribution in [0.1, 0.15) is 29.3 Å². The molecule has 0 aliphatic heterocycles. The SMILES string of the molecule is CN(C)C(CNC1CCc2ccccc2C1)c1ccco1. The Morgan fingerprint density at radius 1 is 1.19 bits per heavy atom. The molecule has 1 aliphatic rings. The Bertz CT molecular complexity index is 562. The zero-order valence-electron chi connectivity index (χ0n) is 12.9. The van der Waals surface area contributed by atoms with Gasteiger partial charge in [0.15, 0.2) is 0 Å². The second-order valence-corrected chi connectivity index (χ2v) is 6.11. The first kappa shape index (κ1) is 14.4. The van der Waals surface area contributed by atoms with Gasteiger partial charge in [0.25, 0.3) is 0 Å². The number of nitrogens with one attached hydrogen (secondary N) is 1. The van der Waals surface area contributed by atoms with Gasteiger partial charge in [-0.3, -0.25) is 4.90 Å². The second kappa shape index (κ2) is 6.46. The Labute approximate surface area is 127 Å². The number of furan rings is 1. The first-order valence-corrected chi connectivity index (χ1v) is 7.74. The van der Waals surface area contributed by atoms with Crippen LogP contribution >= 0.6 is 0 Å². The molecule has 0 bridgehead atoms. The van der Waals surface area contributed by atoms with E-state index in [0.717, 1.165) is 18.7 Å². The van der Waals surface area contributed by atoms with Crippen molar-refractivity contribution in [2.45, 2.75) is 31.3 Å². The molecule has 0 saturated carbocycles. The number of likely N-dealkylation sites (N-methyl/N-ethyl adjacent to an activating group) is 1. The number of hydrogen-bond donors (Lipinski definition) is 1. The molecule has 112 valence electrons. The summed E-state index contributed by atoms with van der Waals surface area (Å²) in [7, 11) is 4.20. The smallest absolute Gasteiger partial charge is 0.122 e. The minimum Gasteiger partial charge on any atom is -0.468 e. The van der Waals surface area contributed by atoms with E-state index >= 15 is 0 Å². The lowest BCUT2D eigenvalue weighted by Gasteiger charge is -2.29. The molecule has 1 aliphatic carbocycles. The summed E-state index contributed by atoms with van der Waals surface area (Å²) in [5.41, 5.74) is 3.02. The normalized spacial score (nSPS) is 19.5. The zero-order valence-corrected chi connectivity index (χ0v) is 12.9. The number of hydrogen-bond acceptors (Lipinski definition) is 3. The highest BCUT2D eigenvalue weighted by Gasteiger charge is 2.21. The summed E-state index contributed by atoms with van der Waals surface area (Å²) in [5.74, 6) is 1.03. The van der Waals surface area contributed by atoms with E-state index in [0.29, 0.717) is 6.04 Å². The molecule has 0 fully saturated rings. The van der Waals surface area contributed by atoms with Crippen LogP contribution in [-0.2, 0) is 12.8 Å². The van der Waals surface area contributed by atoms with E-state index < -0.39 is 0 Å². The molecule has 2 unspecified atom stereocenters. The van der Waals surface area contributed by atoms with Crippen LogP contribution in [0.25, 0.3) is 0 Å². The van der Waals surface area contributed by atoms with Gasteiger partial charge in [-0.1, -0.05) is 24.3 Å². The Balaban J connectivity index is 1.60. The molecule has 0 spiro atoms. The van der Waals surface area contributed by atoms with E-state index in [4.69, 9.17) is 4.42 Å². The quantitative estimate of drug-likeness (QED) is 0.915. The number of fused-ring (bicyclic) bond motifs is 1. The Kier molecular flexibility index (Phi) is 4.42. The van der Waals surface area contributed by atoms with E-state index in [1.807, 2.05) is 6.07 Å². The lowest BCUT2D eigenvalue weighted by atomic mass is 9.88. The first-order valence-electron chi connectivity index (χ1n) is 7.74. The lowest BCUT2D eigenvalue weighted by Crippen LogP contribution is -2.40. The lowest BCUT2D eigenvalue weighted by molar-refractivity contribution is 0.240. The van der Waals surface area contributed by atoms with Crippen molar-refractivity contribution in [3.63, 3.8) is 0 Å². The summed E-state index contributed by atoms with van der Waals surface area (Å²) < 4.78 is 5.57. The standard InChI is InChI=1S/C18H24N2O/c1-20(2)17(18-8-5-11-21-18)13-19-16-10-9-14-6-3-4-7-15(14)12-16/h3-8,11,16-17,19H,9-10,12-13H2,1-2H3. The minimum absolute atomic E-state index is 0.289. The molecule has 0 saturated heterocycles. The molecule has 1 aromatic carbocycles. The molecule has 0 radical (unpaired) electrons. The van der Waals surface area contributed by atoms with Crippen molar-refractivity contribution in [1.29, 1.82) is 0 Å². The highest BCUT2D eigenvalue weighted by atomic mass is 16.3. The van der Waals surface area contributed by atoms with Gasteiger partial charge >= 0.3 is 0 Å². The maximum Gasteiger partial charge on any atom is 0.122 e. The third-order valence-electron chi connectivity index (χ3n) is 4.44. The van der Waals surface area contributed by atoms with Crippen LogP contribution in [0.15, 0.2) is 47.1 Å². The average Bonchev–Trinajstić information content (AvgIpc) is 3.01. The number of aryl methyl sites for hydroxylation is 1. The van der Waals surface area contributed by atoms with E-state index in [1.54, 1.807) is 6.26 Å². The van der Waals surface area contributed by atoms with Gasteiger partial charge < -0.3 is 9.73 Å². The van der Waals surface area contributed by atoms with Gasteiger partial charge in [0.1, 0.15) is 5.76 Å². The Morgan fingerprint density at radius 2 is 2.00 bits per heavy atom. The highest BCUT2D eigenvalue weighted by molar-refractivity contribution is 5.30. The van der Waals surface area contributed by atoms with Gasteiger partial charge in [0, 0.05) is 12.6 Å². The van der Waals surface area contributed by atoms with E-state index in [9.17, 15) is 0 Å². The monoisotopic (exact) mass is 284 g/mol. The van der Waals surface area contributed by atoms with Crippen LogP contribution in [0.4, 0.5) is 0 Å². The van der Waals surface area contributed by atoms with Crippen molar-refractivity contribution in [3.05, 3.63) is 59.5 Å². The molecule has 1 aromatic heterocycles. The molecule has 2 aromatic rings. The van der Waals surface area contributed by atoms with Crippen molar-refractivity contribution < 1.29 is 4.42 Å². The van der Waals surface area contributed by atoms with E-state index in [1.165, 1.54) is 24.0 Å². The van der Waals surface area contributed by atoms with Gasteiger partial charge in [-0.15, -0.1) is 0 Å². The number of benzene rings is 1. The average molecular weight is 284 g/mol. The molecular weight excluding hydrogens is 260 g/mol. The predicted molar refractivity (Wildman–Crippen MR) is 85.4 cm³/mol. The van der Waals surface area contributed by atoms with Gasteiger partial charge in [-0.05, 0) is 56.6 Å². The fraction of sp³-hybridized carbons (Fsp3) is 0.444. The molecule has 1 heterocycles. The van der Waals surface area contributed by atoms with Gasteiger partial charge in [-0.2, -0.15) is 0 Å². The molecular formula is C18H24N2O. The Hall–Kier alpha value is -1.58. The summed E-state index contributed by atoms with van der Waals surface area (Å²) in [6.07, 6.45) is 5.29. The van der Waals surface area contributed by atoms with Crippen molar-refractivity contribution in [2.75, 3.05) is 20.6 Å². The van der Waals surface area contributed by atoms with Crippen molar-refractivity contribution in [2.24, 2.45) is 0 Å². The minimum atomic E-state index is 0.289. The van der Waals surface area contributed by atoms with Gasteiger partial charge in [0.05, 0.1) is 12.3 Å². The van der Waals surface area contributed by atoms with Crippen molar-refractivity contribution >= 4 is 0 Å². The van der Waals surface area contributed by atoms with Crippen LogP contribution < -0.4 is 5.32 Å².